The molecular formula is C27H28F3N3O4. The maximum Gasteiger partial charge on any atom is 0.416 e. The topological polar surface area (TPSA) is 88.7 Å². The summed E-state index contributed by atoms with van der Waals surface area (Å²) < 4.78 is 51.4. The van der Waals surface area contributed by atoms with Crippen molar-refractivity contribution < 1.29 is 32.3 Å². The van der Waals surface area contributed by atoms with Crippen LogP contribution in [-0.4, -0.2) is 53.4 Å². The Morgan fingerprint density at radius 2 is 1.89 bits per heavy atom. The minimum absolute atomic E-state index is 0.0713. The van der Waals surface area contributed by atoms with Gasteiger partial charge in [-0.15, -0.1) is 0 Å². The Bertz CT molecular complexity index is 1310. The van der Waals surface area contributed by atoms with Gasteiger partial charge in [-0.1, -0.05) is 41.6 Å². The van der Waals surface area contributed by atoms with E-state index in [0.717, 1.165) is 11.6 Å². The van der Waals surface area contributed by atoms with Crippen molar-refractivity contribution in [1.82, 2.24) is 15.0 Å². The molecule has 2 aromatic carbocycles. The van der Waals surface area contributed by atoms with Crippen molar-refractivity contribution in [2.24, 2.45) is 0 Å². The number of halogens is 3. The van der Waals surface area contributed by atoms with Gasteiger partial charge in [0.25, 0.3) is 5.89 Å². The van der Waals surface area contributed by atoms with Crippen molar-refractivity contribution in [3.05, 3.63) is 82.8 Å². The first-order valence-corrected chi connectivity index (χ1v) is 11.4. The summed E-state index contributed by atoms with van der Waals surface area (Å²) in [6.45, 7) is 3.77. The zero-order chi connectivity index (χ0) is 27.2. The fourth-order valence-corrected chi connectivity index (χ4v) is 3.88. The molecule has 0 spiro atoms. The molecule has 7 nitrogen and oxygen atoms in total. The lowest BCUT2D eigenvalue weighted by atomic mass is 9.95. The van der Waals surface area contributed by atoms with Crippen LogP contribution in [0.15, 0.2) is 64.7 Å². The van der Waals surface area contributed by atoms with E-state index in [1.54, 1.807) is 37.9 Å². The van der Waals surface area contributed by atoms with Crippen LogP contribution in [0.5, 0.6) is 0 Å². The summed E-state index contributed by atoms with van der Waals surface area (Å²) in [7, 11) is 3.18. The molecule has 10 heteroatoms. The van der Waals surface area contributed by atoms with E-state index in [2.05, 4.69) is 10.1 Å². The van der Waals surface area contributed by atoms with Crippen LogP contribution in [0.3, 0.4) is 0 Å². The number of likely N-dealkylation sites (N-methyl/N-ethyl adjacent to an activating group) is 1. The fourth-order valence-electron chi connectivity index (χ4n) is 3.88. The van der Waals surface area contributed by atoms with E-state index in [0.29, 0.717) is 34.7 Å². The quantitative estimate of drug-likeness (QED) is 0.342. The first-order valence-electron chi connectivity index (χ1n) is 11.4. The minimum atomic E-state index is -4.49. The molecule has 3 rings (SSSR count). The number of nitrogens with zero attached hydrogens (tertiary/aromatic N) is 3. The monoisotopic (exact) mass is 515 g/mol. The van der Waals surface area contributed by atoms with E-state index >= 15 is 0 Å². The highest BCUT2D eigenvalue weighted by Crippen LogP contribution is 2.36. The highest BCUT2D eigenvalue weighted by Gasteiger charge is 2.33. The second-order valence-corrected chi connectivity index (χ2v) is 8.64. The Hall–Kier alpha value is -3.76. The van der Waals surface area contributed by atoms with Gasteiger partial charge in [-0.05, 0) is 61.4 Å². The van der Waals surface area contributed by atoms with Gasteiger partial charge in [0.2, 0.25) is 5.82 Å². The molecule has 0 saturated carbocycles. The fraction of sp³-hybridized carbons (Fsp3) is 0.296. The van der Waals surface area contributed by atoms with Crippen LogP contribution in [0.2, 0.25) is 0 Å². The number of carboxylic acid groups (broad SMARTS) is 1. The third-order valence-corrected chi connectivity index (χ3v) is 5.61. The number of rotatable bonds is 10. The van der Waals surface area contributed by atoms with Gasteiger partial charge < -0.3 is 14.4 Å². The van der Waals surface area contributed by atoms with Crippen molar-refractivity contribution in [3.8, 4) is 11.4 Å². The predicted molar refractivity (Wildman–Crippen MR) is 133 cm³/mol. The Kier molecular flexibility index (Phi) is 9.01. The Balaban J connectivity index is 1.91. The molecule has 0 aliphatic rings. The second kappa shape index (κ2) is 12.0. The van der Waals surface area contributed by atoms with Gasteiger partial charge in [0, 0.05) is 24.8 Å². The zero-order valence-corrected chi connectivity index (χ0v) is 21.0. The van der Waals surface area contributed by atoms with Crippen molar-refractivity contribution in [2.75, 3.05) is 27.3 Å². The van der Waals surface area contributed by atoms with E-state index in [9.17, 15) is 18.0 Å². The number of carbonyl (C=O) groups is 1. The van der Waals surface area contributed by atoms with Crippen LogP contribution >= 0.6 is 0 Å². The summed E-state index contributed by atoms with van der Waals surface area (Å²) in [6, 6.07) is 12.8. The van der Waals surface area contributed by atoms with Crippen LogP contribution in [-0.2, 0) is 22.3 Å². The summed E-state index contributed by atoms with van der Waals surface area (Å²) in [6.07, 6.45) is -2.81. The number of aliphatic carboxylic acids is 1. The molecule has 0 bridgehead atoms. The van der Waals surface area contributed by atoms with Crippen LogP contribution in [0, 0.1) is 0 Å². The van der Waals surface area contributed by atoms with Gasteiger partial charge in [0.15, 0.2) is 0 Å². The van der Waals surface area contributed by atoms with E-state index in [4.69, 9.17) is 14.4 Å². The van der Waals surface area contributed by atoms with E-state index in [1.165, 1.54) is 19.2 Å². The molecule has 1 aromatic heterocycles. The third-order valence-electron chi connectivity index (χ3n) is 5.61. The van der Waals surface area contributed by atoms with Crippen molar-refractivity contribution >= 4 is 17.1 Å². The number of carboxylic acids is 1. The number of benzene rings is 2. The van der Waals surface area contributed by atoms with Gasteiger partial charge in [-0.3, -0.25) is 9.69 Å². The molecule has 37 heavy (non-hydrogen) atoms. The van der Waals surface area contributed by atoms with E-state index in [1.807, 2.05) is 24.3 Å². The van der Waals surface area contributed by atoms with Gasteiger partial charge in [0.05, 0.1) is 18.7 Å². The molecule has 0 aliphatic heterocycles. The smallest absolute Gasteiger partial charge is 0.416 e. The summed E-state index contributed by atoms with van der Waals surface area (Å²) >= 11 is 0. The average molecular weight is 516 g/mol. The van der Waals surface area contributed by atoms with Crippen molar-refractivity contribution in [2.45, 2.75) is 26.6 Å². The molecule has 196 valence electrons. The molecule has 0 radical (unpaired) electrons. The summed E-state index contributed by atoms with van der Waals surface area (Å²) in [5, 5.41) is 13.0. The third kappa shape index (κ3) is 7.37. The molecule has 1 N–H and O–H groups in total. The molecule has 3 aromatic rings. The lowest BCUT2D eigenvalue weighted by Crippen LogP contribution is -2.25. The van der Waals surface area contributed by atoms with E-state index in [-0.39, 0.29) is 24.6 Å². The van der Waals surface area contributed by atoms with Crippen LogP contribution in [0.4, 0.5) is 13.2 Å². The summed E-state index contributed by atoms with van der Waals surface area (Å²) in [4.78, 5) is 17.0. The first kappa shape index (κ1) is 27.8. The van der Waals surface area contributed by atoms with Crippen molar-refractivity contribution in [1.29, 1.82) is 0 Å². The molecule has 0 fully saturated rings. The number of alkyl halides is 3. The maximum absolute atomic E-state index is 13.6. The molecule has 1 heterocycles. The Morgan fingerprint density at radius 1 is 1.16 bits per heavy atom. The lowest BCUT2D eigenvalue weighted by molar-refractivity contribution is -0.138. The van der Waals surface area contributed by atoms with Gasteiger partial charge in [-0.2, -0.15) is 18.2 Å². The maximum atomic E-state index is 13.6. The van der Waals surface area contributed by atoms with Gasteiger partial charge in [0.1, 0.15) is 0 Å². The first-order chi connectivity index (χ1) is 17.5. The Labute approximate surface area is 212 Å². The average Bonchev–Trinajstić information content (AvgIpc) is 3.33. The summed E-state index contributed by atoms with van der Waals surface area (Å²) in [5.41, 5.74) is 2.44. The SMILES string of the molecule is COCC(/C=C(\C)c1nc(-c2cccc(CN(C)CC(=O)O)c2)no1)=C(/C)c1ccccc1C(F)(F)F. The van der Waals surface area contributed by atoms with Crippen LogP contribution in [0.1, 0.15) is 36.4 Å². The standard InChI is InChI=1S/C27H28F3N3O4/c1-17(12-21(16-36-4)18(2)22-10-5-6-11-23(22)27(28,29)30)26-31-25(32-37-26)20-9-7-8-19(13-20)14-33(3)15-24(34)35/h5-13H,14-16H2,1-4H3,(H,34,35)/b17-12+,21-18-. The molecule has 0 unspecified atom stereocenters. The highest BCUT2D eigenvalue weighted by atomic mass is 19.4. The number of methoxy groups -OCH3 is 1. The Morgan fingerprint density at radius 3 is 2.57 bits per heavy atom. The number of hydrogen-bond donors (Lipinski definition) is 1. The molecule has 0 aliphatic carbocycles. The van der Waals surface area contributed by atoms with Gasteiger partial charge >= 0.3 is 12.1 Å². The largest absolute Gasteiger partial charge is 0.480 e. The molecular weight excluding hydrogens is 487 g/mol. The summed E-state index contributed by atoms with van der Waals surface area (Å²) in [5.74, 6) is -0.362. The minimum Gasteiger partial charge on any atom is -0.480 e. The lowest BCUT2D eigenvalue weighted by Gasteiger charge is -2.15. The molecule has 0 amide bonds. The second-order valence-electron chi connectivity index (χ2n) is 8.64. The number of allylic oxidation sites excluding steroid dienone is 2. The number of aromatic nitrogens is 2. The van der Waals surface area contributed by atoms with Crippen molar-refractivity contribution in [3.63, 3.8) is 0 Å². The predicted octanol–water partition coefficient (Wildman–Crippen LogP) is 5.80. The van der Waals surface area contributed by atoms with Crippen LogP contribution in [0.25, 0.3) is 22.5 Å². The highest BCUT2D eigenvalue weighted by molar-refractivity contribution is 5.75. The van der Waals surface area contributed by atoms with E-state index < -0.39 is 17.7 Å². The molecule has 0 atom stereocenters. The van der Waals surface area contributed by atoms with Gasteiger partial charge in [-0.25, -0.2) is 0 Å². The van der Waals surface area contributed by atoms with Crippen LogP contribution < -0.4 is 0 Å². The molecule has 0 saturated heterocycles. The number of ether oxygens (including phenoxy) is 1. The number of hydrogen-bond acceptors (Lipinski definition) is 6. The zero-order valence-electron chi connectivity index (χ0n) is 21.0. The normalized spacial score (nSPS) is 13.1.